The molecule has 1 aromatic carbocycles. The van der Waals surface area contributed by atoms with Gasteiger partial charge in [-0.3, -0.25) is 0 Å². The summed E-state index contributed by atoms with van der Waals surface area (Å²) in [6.45, 7) is 1.40. The zero-order valence-electron chi connectivity index (χ0n) is 11.1. The van der Waals surface area contributed by atoms with Gasteiger partial charge in [0.2, 0.25) is 17.5 Å². The molecule has 0 saturated carbocycles. The molecule has 110 valence electrons. The first-order valence-electron chi connectivity index (χ1n) is 6.07. The molecule has 0 N–H and O–H groups in total. The minimum atomic E-state index is -1.60. The fourth-order valence-electron chi connectivity index (χ4n) is 1.82. The third-order valence-corrected chi connectivity index (χ3v) is 2.83. The normalized spacial score (nSPS) is 10.7. The highest BCUT2D eigenvalue weighted by atomic mass is 19.2. The summed E-state index contributed by atoms with van der Waals surface area (Å²) < 4.78 is 40.3. The highest BCUT2D eigenvalue weighted by molar-refractivity contribution is 5.60. The lowest BCUT2D eigenvalue weighted by molar-refractivity contribution is 0.447. The van der Waals surface area contributed by atoms with Crippen LogP contribution in [0.25, 0.3) is 23.0 Å². The van der Waals surface area contributed by atoms with Crippen molar-refractivity contribution in [3.8, 4) is 23.0 Å². The van der Waals surface area contributed by atoms with Gasteiger partial charge in [-0.05, 0) is 24.6 Å². The molecule has 3 aromatic rings. The molecule has 9 heteroatoms. The van der Waals surface area contributed by atoms with Crippen molar-refractivity contribution >= 4 is 0 Å². The molecule has 0 saturated heterocycles. The smallest absolute Gasteiger partial charge is 0.234 e. The zero-order valence-corrected chi connectivity index (χ0v) is 11.1. The van der Waals surface area contributed by atoms with E-state index in [2.05, 4.69) is 30.4 Å². The van der Waals surface area contributed by atoms with Crippen LogP contribution >= 0.6 is 0 Å². The molecule has 0 bridgehead atoms. The first-order chi connectivity index (χ1) is 10.6. The molecule has 0 spiro atoms. The number of halogens is 3. The van der Waals surface area contributed by atoms with E-state index in [1.165, 1.54) is 19.3 Å². The summed E-state index contributed by atoms with van der Waals surface area (Å²) in [5.41, 5.74) is -0.164. The van der Waals surface area contributed by atoms with Crippen LogP contribution in [0.15, 0.2) is 24.5 Å². The van der Waals surface area contributed by atoms with Crippen molar-refractivity contribution < 1.29 is 13.2 Å². The molecule has 0 amide bonds. The van der Waals surface area contributed by atoms with Gasteiger partial charge in [-0.2, -0.15) is 0 Å². The molecule has 2 heterocycles. The minimum absolute atomic E-state index is 0.0324. The Hall–Kier alpha value is -2.97. The van der Waals surface area contributed by atoms with Gasteiger partial charge < -0.3 is 0 Å². The maximum absolute atomic E-state index is 13.9. The highest BCUT2D eigenvalue weighted by Crippen LogP contribution is 2.26. The van der Waals surface area contributed by atoms with Crippen LogP contribution in [0.4, 0.5) is 13.2 Å². The van der Waals surface area contributed by atoms with Gasteiger partial charge in [0.15, 0.2) is 17.5 Å². The lowest BCUT2D eigenvalue weighted by Gasteiger charge is -2.06. The lowest BCUT2D eigenvalue weighted by atomic mass is 10.1. The predicted molar refractivity (Wildman–Crippen MR) is 68.7 cm³/mol. The number of benzene rings is 1. The summed E-state index contributed by atoms with van der Waals surface area (Å²) >= 11 is 0. The molecule has 0 radical (unpaired) electrons. The van der Waals surface area contributed by atoms with E-state index in [-0.39, 0.29) is 28.6 Å². The van der Waals surface area contributed by atoms with Gasteiger partial charge in [0.25, 0.3) is 0 Å². The monoisotopic (exact) mass is 304 g/mol. The molecule has 22 heavy (non-hydrogen) atoms. The standard InChI is InChI=1S/C13H7F3N6/c1-6-5-7(14)9(15)10(16)8(6)11-19-21-13(22-20-11)12-17-3-2-4-18-12/h2-5H,1H3. The van der Waals surface area contributed by atoms with Crippen molar-refractivity contribution in [1.82, 2.24) is 30.4 Å². The van der Waals surface area contributed by atoms with E-state index in [9.17, 15) is 13.2 Å². The Bertz CT molecular complexity index is 823. The van der Waals surface area contributed by atoms with Crippen LogP contribution < -0.4 is 0 Å². The number of rotatable bonds is 2. The molecule has 0 unspecified atom stereocenters. The second-order valence-corrected chi connectivity index (χ2v) is 4.30. The van der Waals surface area contributed by atoms with Crippen molar-refractivity contribution in [2.45, 2.75) is 6.92 Å². The van der Waals surface area contributed by atoms with Crippen molar-refractivity contribution in [2.24, 2.45) is 0 Å². The van der Waals surface area contributed by atoms with Crippen LogP contribution in [-0.2, 0) is 0 Å². The van der Waals surface area contributed by atoms with Crippen molar-refractivity contribution in [3.05, 3.63) is 47.5 Å². The van der Waals surface area contributed by atoms with E-state index >= 15 is 0 Å². The Morgan fingerprint density at radius 1 is 0.773 bits per heavy atom. The van der Waals surface area contributed by atoms with Crippen LogP contribution in [0.3, 0.4) is 0 Å². The molecule has 0 aliphatic rings. The Labute approximate surface area is 122 Å². The SMILES string of the molecule is Cc1cc(F)c(F)c(F)c1-c1nnc(-c2ncccn2)nn1. The number of aryl methyl sites for hydroxylation is 1. The van der Waals surface area contributed by atoms with Gasteiger partial charge in [0, 0.05) is 12.4 Å². The number of aromatic nitrogens is 6. The number of hydrogen-bond acceptors (Lipinski definition) is 6. The van der Waals surface area contributed by atoms with Gasteiger partial charge in [0.05, 0.1) is 5.56 Å². The third kappa shape index (κ3) is 2.36. The van der Waals surface area contributed by atoms with Crippen LogP contribution in [-0.4, -0.2) is 30.4 Å². The summed E-state index contributed by atoms with van der Waals surface area (Å²) in [6, 6.07) is 2.46. The second-order valence-electron chi connectivity index (χ2n) is 4.30. The lowest BCUT2D eigenvalue weighted by Crippen LogP contribution is -2.05. The van der Waals surface area contributed by atoms with Gasteiger partial charge in [-0.1, -0.05) is 0 Å². The van der Waals surface area contributed by atoms with Gasteiger partial charge in [-0.25, -0.2) is 23.1 Å². The maximum atomic E-state index is 13.9. The molecule has 3 rings (SSSR count). The van der Waals surface area contributed by atoms with Crippen LogP contribution in [0.2, 0.25) is 0 Å². The Morgan fingerprint density at radius 2 is 1.36 bits per heavy atom. The predicted octanol–water partition coefficient (Wildman–Crippen LogP) is 2.12. The zero-order chi connectivity index (χ0) is 15.7. The largest absolute Gasteiger partial charge is 0.240 e. The Morgan fingerprint density at radius 3 is 2.00 bits per heavy atom. The number of hydrogen-bond donors (Lipinski definition) is 0. The van der Waals surface area contributed by atoms with Crippen molar-refractivity contribution in [3.63, 3.8) is 0 Å². The average Bonchev–Trinajstić information content (AvgIpc) is 2.54. The summed E-state index contributed by atoms with van der Waals surface area (Å²) in [4.78, 5) is 7.82. The van der Waals surface area contributed by atoms with Crippen molar-refractivity contribution in [2.75, 3.05) is 0 Å². The highest BCUT2D eigenvalue weighted by Gasteiger charge is 2.21. The first-order valence-corrected chi connectivity index (χ1v) is 6.07. The summed E-state index contributed by atoms with van der Waals surface area (Å²) in [5.74, 6) is -4.30. The summed E-state index contributed by atoms with van der Waals surface area (Å²) in [7, 11) is 0. The molecular formula is C13H7F3N6. The first kappa shape index (κ1) is 14.0. The van der Waals surface area contributed by atoms with Gasteiger partial charge >= 0.3 is 0 Å². The van der Waals surface area contributed by atoms with Crippen LogP contribution in [0, 0.1) is 24.4 Å². The maximum Gasteiger partial charge on any atom is 0.240 e. The molecule has 0 atom stereocenters. The second kappa shape index (κ2) is 5.43. The average molecular weight is 304 g/mol. The molecular weight excluding hydrogens is 297 g/mol. The minimum Gasteiger partial charge on any atom is -0.234 e. The summed E-state index contributed by atoms with van der Waals surface area (Å²) in [6.07, 6.45) is 2.97. The van der Waals surface area contributed by atoms with E-state index in [0.717, 1.165) is 6.07 Å². The van der Waals surface area contributed by atoms with Crippen LogP contribution in [0.5, 0.6) is 0 Å². The topological polar surface area (TPSA) is 77.3 Å². The van der Waals surface area contributed by atoms with Gasteiger partial charge in [-0.15, -0.1) is 20.4 Å². The molecule has 0 aliphatic carbocycles. The van der Waals surface area contributed by atoms with Crippen molar-refractivity contribution in [1.29, 1.82) is 0 Å². The summed E-state index contributed by atoms with van der Waals surface area (Å²) in [5, 5.41) is 14.8. The Kier molecular flexibility index (Phi) is 3.45. The van der Waals surface area contributed by atoms with E-state index in [1.807, 2.05) is 0 Å². The molecule has 6 nitrogen and oxygen atoms in total. The van der Waals surface area contributed by atoms with E-state index in [0.29, 0.717) is 0 Å². The van der Waals surface area contributed by atoms with Gasteiger partial charge in [0.1, 0.15) is 0 Å². The molecule has 0 fully saturated rings. The fraction of sp³-hybridized carbons (Fsp3) is 0.0769. The Balaban J connectivity index is 2.06. The fourth-order valence-corrected chi connectivity index (χ4v) is 1.82. The quantitative estimate of drug-likeness (QED) is 0.675. The van der Waals surface area contributed by atoms with E-state index in [1.54, 1.807) is 6.07 Å². The van der Waals surface area contributed by atoms with E-state index < -0.39 is 17.5 Å². The van der Waals surface area contributed by atoms with E-state index in [4.69, 9.17) is 0 Å². The third-order valence-electron chi connectivity index (χ3n) is 2.83. The molecule has 2 aromatic heterocycles. The molecule has 0 aliphatic heterocycles. The number of nitrogens with zero attached hydrogens (tertiary/aromatic N) is 6. The van der Waals surface area contributed by atoms with Crippen LogP contribution in [0.1, 0.15) is 5.56 Å².